The van der Waals surface area contributed by atoms with E-state index in [1.54, 1.807) is 0 Å². The molecule has 0 saturated carbocycles. The molecule has 0 fully saturated rings. The van der Waals surface area contributed by atoms with Crippen LogP contribution in [0.25, 0.3) is 10.4 Å². The monoisotopic (exact) mass is 592 g/mol. The van der Waals surface area contributed by atoms with Crippen LogP contribution in [-0.2, 0) is 42.9 Å². The number of carbonyl (C=O) groups excluding carboxylic acids is 3. The van der Waals surface area contributed by atoms with Crippen molar-refractivity contribution in [1.29, 1.82) is 0 Å². The molecule has 0 rings (SSSR count). The van der Waals surface area contributed by atoms with Gasteiger partial charge in [0, 0.05) is 30.8 Å². The minimum absolute atomic E-state index is 0.0503. The molecule has 0 bridgehead atoms. The lowest BCUT2D eigenvalue weighted by atomic mass is 10.1. The number of carbonyl (C=O) groups is 5. The minimum atomic E-state index is -1.28. The number of carboxylic acid groups (broad SMARTS) is 2. The fourth-order valence-electron chi connectivity index (χ4n) is 2.97. The molecule has 18 nitrogen and oxygen atoms in total. The Labute approximate surface area is 237 Å². The highest BCUT2D eigenvalue weighted by Crippen LogP contribution is 2.03. The van der Waals surface area contributed by atoms with E-state index in [1.165, 1.54) is 0 Å². The molecule has 0 spiro atoms. The van der Waals surface area contributed by atoms with Crippen molar-refractivity contribution in [3.05, 3.63) is 10.4 Å². The Hall–Kier alpha value is -3.70. The van der Waals surface area contributed by atoms with E-state index in [4.69, 9.17) is 29.6 Å². The second kappa shape index (κ2) is 26.5. The van der Waals surface area contributed by atoms with Crippen LogP contribution in [-0.4, -0.2) is 119 Å². The topological polar surface area (TPSA) is 257 Å². The molecular formula is C23H40N6O12. The van der Waals surface area contributed by atoms with Crippen molar-refractivity contribution in [2.24, 2.45) is 5.11 Å². The molecule has 3 amide bonds. The van der Waals surface area contributed by atoms with Crippen molar-refractivity contribution in [1.82, 2.24) is 16.0 Å². The molecule has 0 aromatic rings. The van der Waals surface area contributed by atoms with Crippen molar-refractivity contribution in [2.75, 3.05) is 65.9 Å². The van der Waals surface area contributed by atoms with Crippen LogP contribution in [0.15, 0.2) is 5.11 Å². The summed E-state index contributed by atoms with van der Waals surface area (Å²) in [6.07, 6.45) is -0.703. The zero-order chi connectivity index (χ0) is 30.6. The summed E-state index contributed by atoms with van der Waals surface area (Å²) in [4.78, 5) is 59.1. The normalized spacial score (nSPS) is 11.9. The molecule has 0 saturated heterocycles. The fraction of sp³-hybridized carbons (Fsp3) is 0.783. The van der Waals surface area contributed by atoms with E-state index in [2.05, 4.69) is 30.7 Å². The Morgan fingerprint density at radius 2 is 1.44 bits per heavy atom. The molecule has 0 aliphatic rings. The molecule has 234 valence electrons. The molecule has 0 aromatic carbocycles. The first kappa shape index (κ1) is 37.3. The summed E-state index contributed by atoms with van der Waals surface area (Å²) in [5, 5.41) is 28.5. The van der Waals surface area contributed by atoms with E-state index < -0.39 is 30.2 Å². The summed E-state index contributed by atoms with van der Waals surface area (Å²) >= 11 is 0. The first-order valence-corrected chi connectivity index (χ1v) is 13.0. The zero-order valence-corrected chi connectivity index (χ0v) is 22.9. The summed E-state index contributed by atoms with van der Waals surface area (Å²) in [6.45, 7) is 3.42. The largest absolute Gasteiger partial charge is 0.481 e. The number of urea groups is 1. The third kappa shape index (κ3) is 25.0. The number of carboxylic acids is 2. The molecule has 0 aliphatic carbocycles. The average molecular weight is 593 g/mol. The molecular weight excluding hydrogens is 552 g/mol. The summed E-state index contributed by atoms with van der Waals surface area (Å²) in [6, 6.07) is -2.16. The summed E-state index contributed by atoms with van der Waals surface area (Å²) in [7, 11) is 0. The number of ether oxygens (including phenoxy) is 5. The van der Waals surface area contributed by atoms with Crippen LogP contribution in [0, 0.1) is 0 Å². The van der Waals surface area contributed by atoms with E-state index in [9.17, 15) is 29.1 Å². The molecule has 0 heterocycles. The van der Waals surface area contributed by atoms with Gasteiger partial charge in [-0.2, -0.15) is 0 Å². The van der Waals surface area contributed by atoms with Crippen molar-refractivity contribution in [3.8, 4) is 0 Å². The number of rotatable bonds is 28. The Bertz CT molecular complexity index is 812. The van der Waals surface area contributed by atoms with Gasteiger partial charge in [-0.15, -0.1) is 0 Å². The highest BCUT2D eigenvalue weighted by Gasteiger charge is 2.22. The number of azide groups is 1. The minimum Gasteiger partial charge on any atom is -0.481 e. The second-order valence-corrected chi connectivity index (χ2v) is 8.16. The quantitative estimate of drug-likeness (QED) is 0.0203. The number of unbranched alkanes of at least 4 members (excludes halogenated alkanes) is 1. The summed E-state index contributed by atoms with van der Waals surface area (Å²) in [5.41, 5.74) is 8.12. The van der Waals surface area contributed by atoms with Crippen LogP contribution in [0.5, 0.6) is 0 Å². The van der Waals surface area contributed by atoms with E-state index in [1.807, 2.05) is 0 Å². The van der Waals surface area contributed by atoms with Gasteiger partial charge in [0.1, 0.15) is 6.04 Å². The van der Waals surface area contributed by atoms with Crippen LogP contribution < -0.4 is 16.0 Å². The van der Waals surface area contributed by atoms with Gasteiger partial charge >= 0.3 is 18.0 Å². The lowest BCUT2D eigenvalue weighted by Crippen LogP contribution is -2.49. The Morgan fingerprint density at radius 3 is 2.00 bits per heavy atom. The Morgan fingerprint density at radius 1 is 0.829 bits per heavy atom. The summed E-state index contributed by atoms with van der Waals surface area (Å²) < 4.78 is 25.7. The number of aliphatic carboxylic acids is 2. The van der Waals surface area contributed by atoms with Gasteiger partial charge in [-0.3, -0.25) is 14.4 Å². The van der Waals surface area contributed by atoms with Crippen LogP contribution in [0.4, 0.5) is 4.79 Å². The number of nitrogens with zero attached hydrogens (tertiary/aromatic N) is 3. The first-order valence-electron chi connectivity index (χ1n) is 13.0. The van der Waals surface area contributed by atoms with Gasteiger partial charge in [0.15, 0.2) is 6.23 Å². The average Bonchev–Trinajstić information content (AvgIpc) is 2.93. The molecule has 0 radical (unpaired) electrons. The van der Waals surface area contributed by atoms with Crippen LogP contribution >= 0.6 is 0 Å². The maximum Gasteiger partial charge on any atom is 0.326 e. The van der Waals surface area contributed by atoms with Gasteiger partial charge in [0.25, 0.3) is 6.47 Å². The number of hydrogen-bond acceptors (Lipinski definition) is 11. The SMILES string of the molecule is [N-]=[N+]=NCCOCCOCCOCCOCCC(=O)NCCCC[C@H](NC(=O)N[C@@H](CCC(=O)O)OC=O)C(=O)O. The third-order valence-corrected chi connectivity index (χ3v) is 4.97. The third-order valence-electron chi connectivity index (χ3n) is 4.97. The standard InChI is InChI=1S/C23H40N6O12/c24-29-26-8-10-38-12-14-40-16-15-39-13-11-37-9-6-19(31)25-7-2-1-3-18(22(34)35)27-23(36)28-20(41-17-30)4-5-21(32)33/h17-18,20H,1-16H2,(H,25,31)(H,32,33)(H,34,35)(H2,27,28,36)/t18-,20+/m0/s1. The predicted octanol–water partition coefficient (Wildman–Crippen LogP) is 0.156. The highest BCUT2D eigenvalue weighted by atomic mass is 16.6. The van der Waals surface area contributed by atoms with Gasteiger partial charge in [0.05, 0.1) is 59.3 Å². The molecule has 0 aromatic heterocycles. The van der Waals surface area contributed by atoms with Gasteiger partial charge < -0.3 is 49.8 Å². The smallest absolute Gasteiger partial charge is 0.326 e. The maximum absolute atomic E-state index is 12.0. The lowest BCUT2D eigenvalue weighted by Gasteiger charge is -2.19. The molecule has 2 atom stereocenters. The van der Waals surface area contributed by atoms with Crippen LogP contribution in [0.1, 0.15) is 38.5 Å². The Balaban J connectivity index is 3.80. The molecule has 0 unspecified atom stereocenters. The van der Waals surface area contributed by atoms with E-state index in [-0.39, 0.29) is 51.2 Å². The van der Waals surface area contributed by atoms with Crippen molar-refractivity contribution < 1.29 is 57.9 Å². The maximum atomic E-state index is 12.0. The van der Waals surface area contributed by atoms with Gasteiger partial charge in [-0.05, 0) is 24.8 Å². The highest BCUT2D eigenvalue weighted by molar-refractivity contribution is 5.82. The van der Waals surface area contributed by atoms with Crippen molar-refractivity contribution in [2.45, 2.75) is 50.8 Å². The Kier molecular flexibility index (Phi) is 24.1. The van der Waals surface area contributed by atoms with E-state index in [0.717, 1.165) is 0 Å². The lowest BCUT2D eigenvalue weighted by molar-refractivity contribution is -0.141. The predicted molar refractivity (Wildman–Crippen MR) is 140 cm³/mol. The van der Waals surface area contributed by atoms with Gasteiger partial charge in [-0.1, -0.05) is 5.11 Å². The zero-order valence-electron chi connectivity index (χ0n) is 22.9. The van der Waals surface area contributed by atoms with Crippen LogP contribution in [0.2, 0.25) is 0 Å². The van der Waals surface area contributed by atoms with E-state index >= 15 is 0 Å². The first-order chi connectivity index (χ1) is 19.8. The van der Waals surface area contributed by atoms with Crippen molar-refractivity contribution >= 4 is 30.3 Å². The molecule has 18 heteroatoms. The molecule has 41 heavy (non-hydrogen) atoms. The number of nitrogens with one attached hydrogen (secondary N) is 3. The van der Waals surface area contributed by atoms with Gasteiger partial charge in [0.2, 0.25) is 5.91 Å². The fourth-order valence-corrected chi connectivity index (χ4v) is 2.97. The van der Waals surface area contributed by atoms with E-state index in [0.29, 0.717) is 65.6 Å². The second-order valence-electron chi connectivity index (χ2n) is 8.16. The van der Waals surface area contributed by atoms with Crippen LogP contribution in [0.3, 0.4) is 0 Å². The molecule has 0 aliphatic heterocycles. The molecule has 5 N–H and O–H groups in total. The van der Waals surface area contributed by atoms with Crippen molar-refractivity contribution in [3.63, 3.8) is 0 Å². The number of amides is 3. The van der Waals surface area contributed by atoms with Gasteiger partial charge in [-0.25, -0.2) is 9.59 Å². The number of hydrogen-bond donors (Lipinski definition) is 5. The summed E-state index contributed by atoms with van der Waals surface area (Å²) in [5.74, 6) is -2.66.